The van der Waals surface area contributed by atoms with E-state index in [0.29, 0.717) is 18.5 Å². The molecule has 14 nitrogen and oxygen atoms in total. The van der Waals surface area contributed by atoms with Crippen molar-refractivity contribution in [1.29, 1.82) is 0 Å². The van der Waals surface area contributed by atoms with Gasteiger partial charge in [0.15, 0.2) is 0 Å². The van der Waals surface area contributed by atoms with Crippen LogP contribution in [0, 0.1) is 23.2 Å². The van der Waals surface area contributed by atoms with E-state index >= 15 is 0 Å². The number of rotatable bonds is 15. The third-order valence-electron chi connectivity index (χ3n) is 11.1. The van der Waals surface area contributed by atoms with Gasteiger partial charge < -0.3 is 35.8 Å². The van der Waals surface area contributed by atoms with Gasteiger partial charge in [0, 0.05) is 20.6 Å². The number of fused-ring (bicyclic) bond motifs is 1. The maximum absolute atomic E-state index is 14.4. The Morgan fingerprint density at radius 1 is 0.944 bits per heavy atom. The standard InChI is InChI=1S/C40H60N6O8/c1-9-16-27(34(49)36(51)41-22-29(47)42-28(21-30(48)45(7)8)24-17-12-10-13-18-24)43-35(50)33-31-26(40(31,5)6)23-46(33)37(52)32(25-19-14-11-15-20-25)44-38(53)54-39(2,3)4/h10,12-13,17-18,25-28,31-33H,9,11,14-16,19-23H2,1-8H3,(H,41,51)(H,42,47)(H,43,50)(H,44,53)/t26-,27+,28+,31-,32-,33-/m0/s1. The van der Waals surface area contributed by atoms with E-state index in [-0.39, 0.29) is 47.8 Å². The average molecular weight is 753 g/mol. The van der Waals surface area contributed by atoms with Crippen LogP contribution in [0.2, 0.25) is 0 Å². The summed E-state index contributed by atoms with van der Waals surface area (Å²) in [5, 5.41) is 10.8. The third kappa shape index (κ3) is 10.6. The Morgan fingerprint density at radius 3 is 2.19 bits per heavy atom. The monoisotopic (exact) mass is 752 g/mol. The van der Waals surface area contributed by atoms with E-state index in [2.05, 4.69) is 21.3 Å². The quantitative estimate of drug-likeness (QED) is 0.197. The fourth-order valence-corrected chi connectivity index (χ4v) is 8.04. The summed E-state index contributed by atoms with van der Waals surface area (Å²) in [4.78, 5) is 96.5. The number of hydrogen-bond donors (Lipinski definition) is 4. The summed E-state index contributed by atoms with van der Waals surface area (Å²) < 4.78 is 5.52. The van der Waals surface area contributed by atoms with Crippen LogP contribution in [-0.4, -0.2) is 102 Å². The first-order valence-electron chi connectivity index (χ1n) is 19.3. The summed E-state index contributed by atoms with van der Waals surface area (Å²) in [5.41, 5.74) is -0.276. The minimum Gasteiger partial charge on any atom is -0.444 e. The van der Waals surface area contributed by atoms with Crippen LogP contribution in [0.4, 0.5) is 4.79 Å². The van der Waals surface area contributed by atoms with Gasteiger partial charge in [-0.05, 0) is 68.8 Å². The average Bonchev–Trinajstić information content (AvgIpc) is 3.42. The highest BCUT2D eigenvalue weighted by Crippen LogP contribution is 2.65. The largest absolute Gasteiger partial charge is 0.444 e. The van der Waals surface area contributed by atoms with Crippen LogP contribution < -0.4 is 21.3 Å². The van der Waals surface area contributed by atoms with Crippen LogP contribution in [0.3, 0.4) is 0 Å². The molecule has 0 spiro atoms. The minimum absolute atomic E-state index is 0.00194. The number of nitrogens with zero attached hydrogens (tertiary/aromatic N) is 2. The molecule has 298 valence electrons. The van der Waals surface area contributed by atoms with Gasteiger partial charge in [-0.15, -0.1) is 0 Å². The molecule has 4 N–H and O–H groups in total. The first-order chi connectivity index (χ1) is 25.3. The summed E-state index contributed by atoms with van der Waals surface area (Å²) in [5.74, 6) is -3.84. The number of amides is 6. The number of benzene rings is 1. The van der Waals surface area contributed by atoms with E-state index in [1.54, 1.807) is 64.0 Å². The van der Waals surface area contributed by atoms with Crippen molar-refractivity contribution < 1.29 is 38.3 Å². The van der Waals surface area contributed by atoms with Crippen molar-refractivity contribution in [2.75, 3.05) is 27.2 Å². The van der Waals surface area contributed by atoms with E-state index in [1.807, 2.05) is 26.8 Å². The van der Waals surface area contributed by atoms with Crippen LogP contribution in [0.25, 0.3) is 0 Å². The van der Waals surface area contributed by atoms with E-state index in [0.717, 1.165) is 32.1 Å². The number of ketones is 1. The molecule has 3 fully saturated rings. The van der Waals surface area contributed by atoms with E-state index in [4.69, 9.17) is 4.74 Å². The van der Waals surface area contributed by atoms with Gasteiger partial charge in [0.25, 0.3) is 5.91 Å². The number of hydrogen-bond acceptors (Lipinski definition) is 8. The normalized spacial score (nSPS) is 22.1. The molecule has 2 saturated carbocycles. The Labute approximate surface area is 319 Å². The van der Waals surface area contributed by atoms with Gasteiger partial charge in [-0.25, -0.2) is 4.79 Å². The van der Waals surface area contributed by atoms with Gasteiger partial charge in [-0.2, -0.15) is 0 Å². The van der Waals surface area contributed by atoms with E-state index < -0.39 is 65.9 Å². The lowest BCUT2D eigenvalue weighted by Gasteiger charge is -2.37. The summed E-state index contributed by atoms with van der Waals surface area (Å²) >= 11 is 0. The zero-order chi connectivity index (χ0) is 40.0. The smallest absolute Gasteiger partial charge is 0.408 e. The van der Waals surface area contributed by atoms with Gasteiger partial charge in [-0.3, -0.25) is 28.8 Å². The third-order valence-corrected chi connectivity index (χ3v) is 11.1. The Kier molecular flexibility index (Phi) is 13.9. The van der Waals surface area contributed by atoms with Gasteiger partial charge in [0.2, 0.25) is 29.4 Å². The molecular weight excluding hydrogens is 692 g/mol. The van der Waals surface area contributed by atoms with Crippen molar-refractivity contribution in [2.45, 2.75) is 123 Å². The molecule has 14 heteroatoms. The molecule has 0 radical (unpaired) electrons. The zero-order valence-electron chi connectivity index (χ0n) is 33.2. The van der Waals surface area contributed by atoms with Crippen LogP contribution in [-0.2, 0) is 33.5 Å². The molecule has 54 heavy (non-hydrogen) atoms. The molecule has 6 amide bonds. The predicted molar refractivity (Wildman–Crippen MR) is 201 cm³/mol. The second kappa shape index (κ2) is 17.8. The number of Topliss-reactive ketones (excluding diaryl/α,β-unsaturated/α-hetero) is 1. The maximum Gasteiger partial charge on any atom is 0.408 e. The molecule has 0 aromatic heterocycles. The number of nitrogens with one attached hydrogen (secondary N) is 4. The Balaban J connectivity index is 1.44. The molecule has 1 aliphatic heterocycles. The van der Waals surface area contributed by atoms with Crippen molar-refractivity contribution >= 4 is 41.4 Å². The SMILES string of the molecule is CCC[C@@H](NC(=O)[C@@H]1[C@@H]2[C@H](CN1C(=O)[C@@H](NC(=O)OC(C)(C)C)C1CCCCC1)C2(C)C)C(=O)C(=O)NCC(=O)N[C@H](CC(=O)N(C)C)c1ccccc1. The van der Waals surface area contributed by atoms with Crippen LogP contribution in [0.15, 0.2) is 30.3 Å². The highest BCUT2D eigenvalue weighted by molar-refractivity contribution is 6.38. The van der Waals surface area contributed by atoms with E-state index in [1.165, 1.54) is 4.90 Å². The molecular formula is C40H60N6O8. The molecule has 4 rings (SSSR count). The molecule has 1 saturated heterocycles. The van der Waals surface area contributed by atoms with Gasteiger partial charge in [0.05, 0.1) is 25.0 Å². The Bertz CT molecular complexity index is 1550. The van der Waals surface area contributed by atoms with Crippen LogP contribution in [0.1, 0.15) is 105 Å². The summed E-state index contributed by atoms with van der Waals surface area (Å²) in [7, 11) is 3.24. The second-order valence-electron chi connectivity index (χ2n) is 16.8. The van der Waals surface area contributed by atoms with E-state index in [9.17, 15) is 33.6 Å². The molecule has 2 aliphatic carbocycles. The zero-order valence-corrected chi connectivity index (χ0v) is 33.2. The maximum atomic E-state index is 14.4. The Hall–Kier alpha value is -4.49. The molecule has 1 heterocycles. The summed E-state index contributed by atoms with van der Waals surface area (Å²) in [6, 6.07) is 5.35. The number of piperidine rings is 1. The molecule has 6 atom stereocenters. The number of alkyl carbamates (subject to hydrolysis) is 1. The van der Waals surface area contributed by atoms with Crippen molar-refractivity contribution in [1.82, 2.24) is 31.1 Å². The van der Waals surface area contributed by atoms with Crippen molar-refractivity contribution in [2.24, 2.45) is 23.2 Å². The van der Waals surface area contributed by atoms with Gasteiger partial charge in [-0.1, -0.05) is 76.8 Å². The molecule has 0 bridgehead atoms. The predicted octanol–water partition coefficient (Wildman–Crippen LogP) is 3.25. The highest BCUT2D eigenvalue weighted by atomic mass is 16.6. The van der Waals surface area contributed by atoms with Crippen molar-refractivity contribution in [3.8, 4) is 0 Å². The molecule has 1 aromatic carbocycles. The Morgan fingerprint density at radius 2 is 1.59 bits per heavy atom. The summed E-state index contributed by atoms with van der Waals surface area (Å²) in [6.45, 7) is 11.0. The lowest BCUT2D eigenvalue weighted by atomic mass is 9.83. The number of ether oxygens (including phenoxy) is 1. The number of carbonyl (C=O) groups is 7. The molecule has 1 aromatic rings. The van der Waals surface area contributed by atoms with Crippen molar-refractivity contribution in [3.63, 3.8) is 0 Å². The van der Waals surface area contributed by atoms with Crippen LogP contribution >= 0.6 is 0 Å². The summed E-state index contributed by atoms with van der Waals surface area (Å²) in [6.07, 6.45) is 4.37. The first-order valence-corrected chi connectivity index (χ1v) is 19.3. The second-order valence-corrected chi connectivity index (χ2v) is 16.8. The van der Waals surface area contributed by atoms with Gasteiger partial charge >= 0.3 is 6.09 Å². The van der Waals surface area contributed by atoms with Crippen LogP contribution in [0.5, 0.6) is 0 Å². The molecule has 0 unspecified atom stereocenters. The first kappa shape index (κ1) is 42.3. The highest BCUT2D eigenvalue weighted by Gasteiger charge is 2.69. The lowest BCUT2D eigenvalue weighted by Crippen LogP contribution is -2.60. The van der Waals surface area contributed by atoms with Gasteiger partial charge in [0.1, 0.15) is 17.7 Å². The van der Waals surface area contributed by atoms with Crippen molar-refractivity contribution in [3.05, 3.63) is 35.9 Å². The topological polar surface area (TPSA) is 183 Å². The minimum atomic E-state index is -1.19. The number of carbonyl (C=O) groups excluding carboxylic acids is 7. The lowest BCUT2D eigenvalue weighted by molar-refractivity contribution is -0.145. The fourth-order valence-electron chi connectivity index (χ4n) is 8.04. The number of likely N-dealkylation sites (tertiary alicyclic amines) is 1. The fraction of sp³-hybridized carbons (Fsp3) is 0.675. The molecule has 3 aliphatic rings.